The van der Waals surface area contributed by atoms with Crippen LogP contribution in [0.5, 0.6) is 11.6 Å². The molecule has 2 heterocycles. The summed E-state index contributed by atoms with van der Waals surface area (Å²) in [5, 5.41) is 0. The second kappa shape index (κ2) is 7.34. The van der Waals surface area contributed by atoms with E-state index in [2.05, 4.69) is 17.1 Å². The van der Waals surface area contributed by atoms with Crippen molar-refractivity contribution in [3.05, 3.63) is 53.7 Å². The number of likely N-dealkylation sites (tertiary alicyclic amines) is 1. The predicted molar refractivity (Wildman–Crippen MR) is 91.5 cm³/mol. The highest BCUT2D eigenvalue weighted by Crippen LogP contribution is 2.23. The van der Waals surface area contributed by atoms with Crippen LogP contribution in [0.15, 0.2) is 42.6 Å². The molecule has 24 heavy (non-hydrogen) atoms. The van der Waals surface area contributed by atoms with Crippen molar-refractivity contribution in [2.45, 2.75) is 12.8 Å². The molecule has 126 valence electrons. The minimum absolute atomic E-state index is 0.0439. The fourth-order valence-corrected chi connectivity index (χ4v) is 3.09. The summed E-state index contributed by atoms with van der Waals surface area (Å²) in [5.41, 5.74) is 1.89. The topological polar surface area (TPSA) is 51.7 Å². The largest absolute Gasteiger partial charge is 0.497 e. The fourth-order valence-electron chi connectivity index (χ4n) is 3.09. The normalized spacial score (nSPS) is 16.9. The SMILES string of the molecule is COc1ccc(CC2CCN(C(=O)c3ccc(OC)nc3)C2)cc1. The molecule has 0 saturated carbocycles. The molecule has 0 aliphatic carbocycles. The third-order valence-electron chi connectivity index (χ3n) is 4.45. The van der Waals surface area contributed by atoms with E-state index in [0.717, 1.165) is 31.7 Å². The molecule has 5 nitrogen and oxygen atoms in total. The minimum atomic E-state index is 0.0439. The monoisotopic (exact) mass is 326 g/mol. The maximum atomic E-state index is 12.6. The summed E-state index contributed by atoms with van der Waals surface area (Å²) in [4.78, 5) is 18.6. The van der Waals surface area contributed by atoms with Crippen LogP contribution in [0.1, 0.15) is 22.3 Å². The summed E-state index contributed by atoms with van der Waals surface area (Å²) in [6.07, 6.45) is 3.59. The number of methoxy groups -OCH3 is 2. The van der Waals surface area contributed by atoms with Gasteiger partial charge in [0.1, 0.15) is 5.75 Å². The Morgan fingerprint density at radius 1 is 1.17 bits per heavy atom. The molecule has 0 N–H and O–H groups in total. The summed E-state index contributed by atoms with van der Waals surface area (Å²) in [5.74, 6) is 1.93. The minimum Gasteiger partial charge on any atom is -0.497 e. The maximum absolute atomic E-state index is 12.6. The second-order valence-corrected chi connectivity index (χ2v) is 6.05. The molecule has 1 saturated heterocycles. The van der Waals surface area contributed by atoms with Crippen molar-refractivity contribution >= 4 is 5.91 Å². The van der Waals surface area contributed by atoms with Crippen LogP contribution >= 0.6 is 0 Å². The van der Waals surface area contributed by atoms with Gasteiger partial charge in [-0.2, -0.15) is 0 Å². The number of rotatable bonds is 5. The average molecular weight is 326 g/mol. The molecule has 1 aliphatic rings. The molecule has 5 heteroatoms. The average Bonchev–Trinajstić information content (AvgIpc) is 3.10. The van der Waals surface area contributed by atoms with E-state index in [0.29, 0.717) is 17.4 Å². The first-order valence-electron chi connectivity index (χ1n) is 8.12. The molecule has 1 amide bonds. The van der Waals surface area contributed by atoms with Gasteiger partial charge in [0.05, 0.1) is 19.8 Å². The van der Waals surface area contributed by atoms with Crippen molar-refractivity contribution in [2.75, 3.05) is 27.3 Å². The van der Waals surface area contributed by atoms with E-state index in [1.807, 2.05) is 17.0 Å². The summed E-state index contributed by atoms with van der Waals surface area (Å²) in [6, 6.07) is 11.6. The van der Waals surface area contributed by atoms with E-state index < -0.39 is 0 Å². The van der Waals surface area contributed by atoms with Gasteiger partial charge in [0.15, 0.2) is 0 Å². The van der Waals surface area contributed by atoms with Crippen LogP contribution in [-0.2, 0) is 6.42 Å². The molecular weight excluding hydrogens is 304 g/mol. The Morgan fingerprint density at radius 3 is 2.58 bits per heavy atom. The predicted octanol–water partition coefficient (Wildman–Crippen LogP) is 2.80. The number of nitrogens with zero attached hydrogens (tertiary/aromatic N) is 2. The summed E-state index contributed by atoms with van der Waals surface area (Å²) < 4.78 is 10.2. The lowest BCUT2D eigenvalue weighted by Gasteiger charge is -2.16. The Morgan fingerprint density at radius 2 is 1.96 bits per heavy atom. The first-order valence-corrected chi connectivity index (χ1v) is 8.12. The second-order valence-electron chi connectivity index (χ2n) is 6.05. The summed E-state index contributed by atoms with van der Waals surface area (Å²) >= 11 is 0. The van der Waals surface area contributed by atoms with Crippen molar-refractivity contribution in [1.29, 1.82) is 0 Å². The smallest absolute Gasteiger partial charge is 0.255 e. The van der Waals surface area contributed by atoms with Gasteiger partial charge in [-0.1, -0.05) is 12.1 Å². The quantitative estimate of drug-likeness (QED) is 0.848. The number of ether oxygens (including phenoxy) is 2. The number of hydrogen-bond acceptors (Lipinski definition) is 4. The number of carbonyl (C=O) groups excluding carboxylic acids is 1. The molecule has 1 aromatic carbocycles. The highest BCUT2D eigenvalue weighted by atomic mass is 16.5. The number of pyridine rings is 1. The molecule has 0 bridgehead atoms. The van der Waals surface area contributed by atoms with Crippen LogP contribution in [0.3, 0.4) is 0 Å². The molecule has 1 aliphatic heterocycles. The van der Waals surface area contributed by atoms with Crippen molar-refractivity contribution in [2.24, 2.45) is 5.92 Å². The van der Waals surface area contributed by atoms with E-state index >= 15 is 0 Å². The van der Waals surface area contributed by atoms with E-state index in [9.17, 15) is 4.79 Å². The zero-order chi connectivity index (χ0) is 16.9. The zero-order valence-corrected chi connectivity index (χ0v) is 14.1. The van der Waals surface area contributed by atoms with Crippen LogP contribution < -0.4 is 9.47 Å². The van der Waals surface area contributed by atoms with Crippen molar-refractivity contribution in [1.82, 2.24) is 9.88 Å². The molecule has 0 spiro atoms. The molecule has 2 aromatic rings. The third kappa shape index (κ3) is 3.67. The van der Waals surface area contributed by atoms with Gasteiger partial charge in [-0.25, -0.2) is 4.98 Å². The van der Waals surface area contributed by atoms with Crippen molar-refractivity contribution in [3.63, 3.8) is 0 Å². The van der Waals surface area contributed by atoms with Gasteiger partial charge in [-0.05, 0) is 42.5 Å². The number of benzene rings is 1. The number of hydrogen-bond donors (Lipinski definition) is 0. The Bertz CT molecular complexity index is 683. The van der Waals surface area contributed by atoms with Gasteiger partial charge in [0.25, 0.3) is 5.91 Å². The van der Waals surface area contributed by atoms with Crippen molar-refractivity contribution in [3.8, 4) is 11.6 Å². The molecular formula is C19H22N2O3. The molecule has 1 atom stereocenters. The molecule has 1 aromatic heterocycles. The number of aromatic nitrogens is 1. The Hall–Kier alpha value is -2.56. The highest BCUT2D eigenvalue weighted by Gasteiger charge is 2.27. The van der Waals surface area contributed by atoms with Gasteiger partial charge in [0, 0.05) is 25.4 Å². The molecule has 1 unspecified atom stereocenters. The van der Waals surface area contributed by atoms with E-state index in [1.54, 1.807) is 32.5 Å². The number of amides is 1. The van der Waals surface area contributed by atoms with Gasteiger partial charge in [-0.15, -0.1) is 0 Å². The first kappa shape index (κ1) is 16.3. The lowest BCUT2D eigenvalue weighted by molar-refractivity contribution is 0.0786. The Kier molecular flexibility index (Phi) is 4.99. The van der Waals surface area contributed by atoms with Crippen LogP contribution in [-0.4, -0.2) is 43.1 Å². The van der Waals surface area contributed by atoms with E-state index in [4.69, 9.17) is 9.47 Å². The molecule has 3 rings (SSSR count). The Labute approximate surface area is 142 Å². The van der Waals surface area contributed by atoms with Crippen LogP contribution in [0.4, 0.5) is 0 Å². The third-order valence-corrected chi connectivity index (χ3v) is 4.45. The van der Waals surface area contributed by atoms with E-state index in [1.165, 1.54) is 5.56 Å². The summed E-state index contributed by atoms with van der Waals surface area (Å²) in [7, 11) is 3.23. The van der Waals surface area contributed by atoms with Crippen LogP contribution in [0, 0.1) is 5.92 Å². The molecule has 1 fully saturated rings. The van der Waals surface area contributed by atoms with Gasteiger partial charge in [-0.3, -0.25) is 4.79 Å². The van der Waals surface area contributed by atoms with Gasteiger partial charge >= 0.3 is 0 Å². The zero-order valence-electron chi connectivity index (χ0n) is 14.1. The number of carbonyl (C=O) groups is 1. The summed E-state index contributed by atoms with van der Waals surface area (Å²) in [6.45, 7) is 1.59. The lowest BCUT2D eigenvalue weighted by Crippen LogP contribution is -2.29. The first-order chi connectivity index (χ1) is 11.7. The fraction of sp³-hybridized carbons (Fsp3) is 0.368. The lowest BCUT2D eigenvalue weighted by atomic mass is 9.99. The molecule has 0 radical (unpaired) electrons. The van der Waals surface area contributed by atoms with E-state index in [-0.39, 0.29) is 5.91 Å². The Balaban J connectivity index is 1.58. The standard InChI is InChI=1S/C19H22N2O3/c1-23-17-6-3-14(4-7-17)11-15-9-10-21(13-15)19(22)16-5-8-18(24-2)20-12-16/h3-8,12,15H,9-11,13H2,1-2H3. The maximum Gasteiger partial charge on any atom is 0.255 e. The highest BCUT2D eigenvalue weighted by molar-refractivity contribution is 5.94. The van der Waals surface area contributed by atoms with Gasteiger partial charge < -0.3 is 14.4 Å². The van der Waals surface area contributed by atoms with Gasteiger partial charge in [0.2, 0.25) is 5.88 Å². The van der Waals surface area contributed by atoms with Crippen LogP contribution in [0.25, 0.3) is 0 Å². The van der Waals surface area contributed by atoms with Crippen molar-refractivity contribution < 1.29 is 14.3 Å². The van der Waals surface area contributed by atoms with Crippen LogP contribution in [0.2, 0.25) is 0 Å².